The quantitative estimate of drug-likeness (QED) is 0.508. The van der Waals surface area contributed by atoms with Crippen LogP contribution in [0.4, 0.5) is 0 Å². The molecule has 1 aromatic heterocycles. The summed E-state index contributed by atoms with van der Waals surface area (Å²) < 4.78 is 7.00. The summed E-state index contributed by atoms with van der Waals surface area (Å²) in [5.74, 6) is 1.88. The lowest BCUT2D eigenvalue weighted by molar-refractivity contribution is 0.102. The standard InChI is InChI=1S/C18H17N3O2S/c1-21-17(14-6-4-3-5-7-14)19-20-18(21)24-12-16(22)13-8-10-15(23-2)11-9-13/h3-11H,12H2,1-2H3. The van der Waals surface area contributed by atoms with Crippen LogP contribution in [0.15, 0.2) is 59.8 Å². The minimum Gasteiger partial charge on any atom is -0.497 e. The molecule has 0 radical (unpaired) electrons. The molecular formula is C18H17N3O2S. The molecule has 24 heavy (non-hydrogen) atoms. The molecule has 0 amide bonds. The number of Topliss-reactive ketones (excluding diaryl/α,β-unsaturated/α-hetero) is 1. The molecule has 0 aliphatic rings. The molecule has 0 spiro atoms. The maximum atomic E-state index is 12.3. The van der Waals surface area contributed by atoms with Gasteiger partial charge in [-0.3, -0.25) is 4.79 Å². The van der Waals surface area contributed by atoms with Crippen molar-refractivity contribution < 1.29 is 9.53 Å². The zero-order chi connectivity index (χ0) is 16.9. The Kier molecular flexibility index (Phi) is 4.96. The van der Waals surface area contributed by atoms with Crippen molar-refractivity contribution in [1.29, 1.82) is 0 Å². The molecule has 6 heteroatoms. The van der Waals surface area contributed by atoms with Crippen LogP contribution in [0.5, 0.6) is 5.75 Å². The Labute approximate surface area is 144 Å². The maximum Gasteiger partial charge on any atom is 0.191 e. The molecule has 0 saturated carbocycles. The van der Waals surface area contributed by atoms with Crippen molar-refractivity contribution >= 4 is 17.5 Å². The number of nitrogens with zero attached hydrogens (tertiary/aromatic N) is 3. The molecule has 0 N–H and O–H groups in total. The fraction of sp³-hybridized carbons (Fsp3) is 0.167. The number of rotatable bonds is 6. The van der Waals surface area contributed by atoms with E-state index in [0.717, 1.165) is 22.3 Å². The van der Waals surface area contributed by atoms with Crippen LogP contribution in [-0.4, -0.2) is 33.4 Å². The van der Waals surface area contributed by atoms with Crippen LogP contribution in [0.25, 0.3) is 11.4 Å². The number of hydrogen-bond donors (Lipinski definition) is 0. The van der Waals surface area contributed by atoms with Crippen molar-refractivity contribution in [1.82, 2.24) is 14.8 Å². The van der Waals surface area contributed by atoms with E-state index >= 15 is 0 Å². The van der Waals surface area contributed by atoms with E-state index in [4.69, 9.17) is 4.74 Å². The number of carbonyl (C=O) groups is 1. The van der Waals surface area contributed by atoms with Crippen LogP contribution in [0.3, 0.4) is 0 Å². The number of carbonyl (C=O) groups excluding carboxylic acids is 1. The fourth-order valence-corrected chi connectivity index (χ4v) is 3.08. The average Bonchev–Trinajstić information content (AvgIpc) is 3.01. The highest BCUT2D eigenvalue weighted by Gasteiger charge is 2.13. The number of hydrogen-bond acceptors (Lipinski definition) is 5. The Hall–Kier alpha value is -2.60. The molecule has 3 rings (SSSR count). The van der Waals surface area contributed by atoms with E-state index in [9.17, 15) is 4.79 Å². The van der Waals surface area contributed by atoms with Gasteiger partial charge in [-0.15, -0.1) is 10.2 Å². The minimum absolute atomic E-state index is 0.0481. The van der Waals surface area contributed by atoms with E-state index in [0.29, 0.717) is 11.3 Å². The van der Waals surface area contributed by atoms with Crippen molar-refractivity contribution in [3.8, 4) is 17.1 Å². The monoisotopic (exact) mass is 339 g/mol. The highest BCUT2D eigenvalue weighted by molar-refractivity contribution is 7.99. The van der Waals surface area contributed by atoms with Crippen LogP contribution in [0.2, 0.25) is 0 Å². The lowest BCUT2D eigenvalue weighted by Crippen LogP contribution is -2.04. The Morgan fingerprint density at radius 3 is 2.46 bits per heavy atom. The zero-order valence-corrected chi connectivity index (χ0v) is 14.3. The van der Waals surface area contributed by atoms with Gasteiger partial charge >= 0.3 is 0 Å². The highest BCUT2D eigenvalue weighted by Crippen LogP contribution is 2.23. The van der Waals surface area contributed by atoms with Gasteiger partial charge in [-0.2, -0.15) is 0 Å². The first kappa shape index (κ1) is 16.3. The van der Waals surface area contributed by atoms with Gasteiger partial charge in [-0.1, -0.05) is 42.1 Å². The van der Waals surface area contributed by atoms with E-state index in [-0.39, 0.29) is 5.78 Å². The molecule has 5 nitrogen and oxygen atoms in total. The van der Waals surface area contributed by atoms with Crippen LogP contribution in [-0.2, 0) is 7.05 Å². The molecule has 0 aliphatic carbocycles. The smallest absolute Gasteiger partial charge is 0.191 e. The number of ketones is 1. The molecule has 0 atom stereocenters. The van der Waals surface area contributed by atoms with Gasteiger partial charge in [0.25, 0.3) is 0 Å². The normalized spacial score (nSPS) is 10.6. The molecule has 0 aliphatic heterocycles. The number of benzene rings is 2. The van der Waals surface area contributed by atoms with Crippen LogP contribution in [0, 0.1) is 0 Å². The second-order valence-electron chi connectivity index (χ2n) is 5.17. The van der Waals surface area contributed by atoms with E-state index in [1.807, 2.05) is 41.9 Å². The van der Waals surface area contributed by atoms with Crippen molar-refractivity contribution in [3.05, 3.63) is 60.2 Å². The predicted octanol–water partition coefficient (Wildman–Crippen LogP) is 3.47. The minimum atomic E-state index is 0.0481. The third-order valence-electron chi connectivity index (χ3n) is 3.61. The molecule has 0 saturated heterocycles. The Bertz CT molecular complexity index is 829. The summed E-state index contributed by atoms with van der Waals surface area (Å²) in [4.78, 5) is 12.3. The third-order valence-corrected chi connectivity index (χ3v) is 4.63. The highest BCUT2D eigenvalue weighted by atomic mass is 32.2. The summed E-state index contributed by atoms with van der Waals surface area (Å²) in [6, 6.07) is 17.0. The number of ether oxygens (including phenoxy) is 1. The van der Waals surface area contributed by atoms with Crippen LogP contribution < -0.4 is 4.74 Å². The molecule has 0 bridgehead atoms. The Morgan fingerprint density at radius 2 is 1.79 bits per heavy atom. The summed E-state index contributed by atoms with van der Waals surface area (Å²) in [5.41, 5.74) is 1.66. The van der Waals surface area contributed by atoms with E-state index in [1.54, 1.807) is 31.4 Å². The van der Waals surface area contributed by atoms with Crippen molar-refractivity contribution in [2.24, 2.45) is 7.05 Å². The molecule has 2 aromatic carbocycles. The van der Waals surface area contributed by atoms with Crippen LogP contribution >= 0.6 is 11.8 Å². The van der Waals surface area contributed by atoms with Gasteiger partial charge in [0.1, 0.15) is 5.75 Å². The Balaban J connectivity index is 1.68. The summed E-state index contributed by atoms with van der Waals surface area (Å²) in [6.07, 6.45) is 0. The van der Waals surface area contributed by atoms with Crippen molar-refractivity contribution in [3.63, 3.8) is 0 Å². The molecular weight excluding hydrogens is 322 g/mol. The second-order valence-corrected chi connectivity index (χ2v) is 6.11. The Morgan fingerprint density at radius 1 is 1.08 bits per heavy atom. The number of aromatic nitrogens is 3. The van der Waals surface area contributed by atoms with Crippen molar-refractivity contribution in [2.45, 2.75) is 5.16 Å². The summed E-state index contributed by atoms with van der Waals surface area (Å²) in [5, 5.41) is 9.13. The first-order chi connectivity index (χ1) is 11.7. The molecule has 1 heterocycles. The van der Waals surface area contributed by atoms with Gasteiger partial charge in [0.15, 0.2) is 16.8 Å². The van der Waals surface area contributed by atoms with Gasteiger partial charge in [0, 0.05) is 18.2 Å². The molecule has 3 aromatic rings. The molecule has 0 unspecified atom stereocenters. The lowest BCUT2D eigenvalue weighted by Gasteiger charge is -2.04. The number of thioether (sulfide) groups is 1. The van der Waals surface area contributed by atoms with Crippen LogP contribution in [0.1, 0.15) is 10.4 Å². The van der Waals surface area contributed by atoms with Gasteiger partial charge in [-0.25, -0.2) is 0 Å². The largest absolute Gasteiger partial charge is 0.497 e. The van der Waals surface area contributed by atoms with E-state index < -0.39 is 0 Å². The first-order valence-electron chi connectivity index (χ1n) is 7.44. The first-order valence-corrected chi connectivity index (χ1v) is 8.42. The summed E-state index contributed by atoms with van der Waals surface area (Å²) in [6.45, 7) is 0. The third kappa shape index (κ3) is 3.49. The summed E-state index contributed by atoms with van der Waals surface area (Å²) in [7, 11) is 3.51. The summed E-state index contributed by atoms with van der Waals surface area (Å²) >= 11 is 1.38. The SMILES string of the molecule is COc1ccc(C(=O)CSc2nnc(-c3ccccc3)n2C)cc1. The van der Waals surface area contributed by atoms with Gasteiger partial charge < -0.3 is 9.30 Å². The maximum absolute atomic E-state index is 12.3. The van der Waals surface area contributed by atoms with Crippen molar-refractivity contribution in [2.75, 3.05) is 12.9 Å². The van der Waals surface area contributed by atoms with Gasteiger partial charge in [0.05, 0.1) is 12.9 Å². The number of methoxy groups -OCH3 is 1. The second kappa shape index (κ2) is 7.31. The molecule has 122 valence electrons. The van der Waals surface area contributed by atoms with E-state index in [1.165, 1.54) is 11.8 Å². The zero-order valence-electron chi connectivity index (χ0n) is 13.5. The molecule has 0 fully saturated rings. The fourth-order valence-electron chi connectivity index (χ4n) is 2.27. The van der Waals surface area contributed by atoms with E-state index in [2.05, 4.69) is 10.2 Å². The van der Waals surface area contributed by atoms with Gasteiger partial charge in [-0.05, 0) is 24.3 Å². The predicted molar refractivity (Wildman–Crippen MR) is 94.5 cm³/mol. The van der Waals surface area contributed by atoms with Gasteiger partial charge in [0.2, 0.25) is 0 Å². The average molecular weight is 339 g/mol. The lowest BCUT2D eigenvalue weighted by atomic mass is 10.1. The topological polar surface area (TPSA) is 57.0 Å².